The van der Waals surface area contributed by atoms with Gasteiger partial charge < -0.3 is 10.2 Å². The molecule has 0 aliphatic heterocycles. The van der Waals surface area contributed by atoms with E-state index in [9.17, 15) is 4.79 Å². The van der Waals surface area contributed by atoms with Gasteiger partial charge in [-0.15, -0.1) is 0 Å². The number of nitrogens with one attached hydrogen (secondary N) is 1. The van der Waals surface area contributed by atoms with Crippen LogP contribution in [0.2, 0.25) is 0 Å². The average Bonchev–Trinajstić information content (AvgIpc) is 3.22. The van der Waals surface area contributed by atoms with Gasteiger partial charge in [-0.25, -0.2) is 0 Å². The van der Waals surface area contributed by atoms with E-state index >= 15 is 0 Å². The summed E-state index contributed by atoms with van der Waals surface area (Å²) in [6, 6.07) is 9.18. The lowest BCUT2D eigenvalue weighted by Crippen LogP contribution is -2.40. The molecule has 3 nitrogen and oxygen atoms in total. The molecule has 0 saturated heterocycles. The Morgan fingerprint density at radius 1 is 1.37 bits per heavy atom. The quantitative estimate of drug-likeness (QED) is 0.853. The molecule has 0 aromatic heterocycles. The Labute approximate surface area is 116 Å². The molecule has 1 aromatic carbocycles. The van der Waals surface area contributed by atoms with Gasteiger partial charge in [0.2, 0.25) is 5.91 Å². The Kier molecular flexibility index (Phi) is 4.59. The van der Waals surface area contributed by atoms with E-state index in [0.29, 0.717) is 12.6 Å². The van der Waals surface area contributed by atoms with E-state index in [4.69, 9.17) is 0 Å². The van der Waals surface area contributed by atoms with Gasteiger partial charge in [0.05, 0.1) is 6.54 Å². The van der Waals surface area contributed by atoms with Gasteiger partial charge in [-0.1, -0.05) is 29.8 Å². The Morgan fingerprint density at radius 2 is 2.00 bits per heavy atom. The summed E-state index contributed by atoms with van der Waals surface area (Å²) in [7, 11) is 0. The first-order valence-corrected chi connectivity index (χ1v) is 7.21. The van der Waals surface area contributed by atoms with Crippen LogP contribution in [-0.4, -0.2) is 29.9 Å². The van der Waals surface area contributed by atoms with Crippen LogP contribution in [0.5, 0.6) is 0 Å². The predicted octanol–water partition coefficient (Wildman–Crippen LogP) is 2.66. The molecule has 0 bridgehead atoms. The van der Waals surface area contributed by atoms with Gasteiger partial charge in [0.25, 0.3) is 0 Å². The molecule has 0 unspecified atom stereocenters. The first-order valence-electron chi connectivity index (χ1n) is 7.21. The van der Waals surface area contributed by atoms with E-state index in [0.717, 1.165) is 6.54 Å². The van der Waals surface area contributed by atoms with Crippen molar-refractivity contribution in [2.24, 2.45) is 0 Å². The van der Waals surface area contributed by atoms with E-state index in [1.165, 1.54) is 24.0 Å². The molecule has 1 aliphatic rings. The fraction of sp³-hybridized carbons (Fsp3) is 0.562. The molecular weight excluding hydrogens is 236 g/mol. The number of carbonyl (C=O) groups excluding carboxylic acids is 1. The highest BCUT2D eigenvalue weighted by Crippen LogP contribution is 2.26. The van der Waals surface area contributed by atoms with E-state index in [1.807, 2.05) is 4.90 Å². The summed E-state index contributed by atoms with van der Waals surface area (Å²) in [6.07, 6.45) is 2.35. The molecule has 2 rings (SSSR count). The highest BCUT2D eigenvalue weighted by molar-refractivity contribution is 5.79. The number of benzene rings is 1. The number of hydrogen-bond acceptors (Lipinski definition) is 2. The second-order valence-electron chi connectivity index (χ2n) is 5.42. The van der Waals surface area contributed by atoms with E-state index in [2.05, 4.69) is 50.4 Å². The molecule has 1 fully saturated rings. The second kappa shape index (κ2) is 6.20. The lowest BCUT2D eigenvalue weighted by Gasteiger charge is -2.22. The zero-order valence-electron chi connectivity index (χ0n) is 12.1. The van der Waals surface area contributed by atoms with Gasteiger partial charge in [0.1, 0.15) is 0 Å². The summed E-state index contributed by atoms with van der Waals surface area (Å²) in [5.41, 5.74) is 2.49. The van der Waals surface area contributed by atoms with Crippen LogP contribution in [-0.2, 0) is 4.79 Å². The number of amides is 1. The third kappa shape index (κ3) is 3.80. The molecule has 104 valence electrons. The van der Waals surface area contributed by atoms with Crippen LogP contribution in [0.3, 0.4) is 0 Å². The van der Waals surface area contributed by atoms with Crippen LogP contribution < -0.4 is 5.32 Å². The molecule has 1 atom stereocenters. The highest BCUT2D eigenvalue weighted by Gasteiger charge is 2.31. The van der Waals surface area contributed by atoms with Gasteiger partial charge in [0, 0.05) is 18.6 Å². The molecule has 3 heteroatoms. The van der Waals surface area contributed by atoms with Crippen molar-refractivity contribution in [2.45, 2.75) is 45.7 Å². The molecule has 1 amide bonds. The SMILES string of the molecule is CCN(C(=O)CN[C@H](C)c1ccc(C)cc1)C1CC1. The number of nitrogens with zero attached hydrogens (tertiary/aromatic N) is 1. The van der Waals surface area contributed by atoms with Crippen molar-refractivity contribution in [2.75, 3.05) is 13.1 Å². The smallest absolute Gasteiger partial charge is 0.236 e. The third-order valence-corrected chi connectivity index (χ3v) is 3.79. The van der Waals surface area contributed by atoms with Crippen LogP contribution >= 0.6 is 0 Å². The summed E-state index contributed by atoms with van der Waals surface area (Å²) in [4.78, 5) is 14.1. The lowest BCUT2D eigenvalue weighted by atomic mass is 10.1. The second-order valence-corrected chi connectivity index (χ2v) is 5.42. The first-order chi connectivity index (χ1) is 9.11. The van der Waals surface area contributed by atoms with Crippen LogP contribution in [0.15, 0.2) is 24.3 Å². The van der Waals surface area contributed by atoms with Gasteiger partial charge in [-0.3, -0.25) is 4.79 Å². The van der Waals surface area contributed by atoms with Crippen molar-refractivity contribution in [3.05, 3.63) is 35.4 Å². The van der Waals surface area contributed by atoms with Crippen molar-refractivity contribution in [1.29, 1.82) is 0 Å². The van der Waals surface area contributed by atoms with Gasteiger partial charge in [-0.05, 0) is 39.2 Å². The summed E-state index contributed by atoms with van der Waals surface area (Å²) in [5, 5.41) is 3.32. The lowest BCUT2D eigenvalue weighted by molar-refractivity contribution is -0.130. The van der Waals surface area contributed by atoms with Crippen molar-refractivity contribution >= 4 is 5.91 Å². The number of carbonyl (C=O) groups is 1. The van der Waals surface area contributed by atoms with E-state index < -0.39 is 0 Å². The molecule has 0 spiro atoms. The maximum Gasteiger partial charge on any atom is 0.236 e. The summed E-state index contributed by atoms with van der Waals surface area (Å²) >= 11 is 0. The van der Waals surface area contributed by atoms with Gasteiger partial charge >= 0.3 is 0 Å². The monoisotopic (exact) mass is 260 g/mol. The Hall–Kier alpha value is -1.35. The average molecular weight is 260 g/mol. The predicted molar refractivity (Wildman–Crippen MR) is 78.0 cm³/mol. The summed E-state index contributed by atoms with van der Waals surface area (Å²) in [6.45, 7) is 7.49. The van der Waals surface area contributed by atoms with Crippen molar-refractivity contribution in [1.82, 2.24) is 10.2 Å². The molecule has 1 N–H and O–H groups in total. The topological polar surface area (TPSA) is 32.3 Å². The Balaban J connectivity index is 1.84. The minimum atomic E-state index is 0.211. The summed E-state index contributed by atoms with van der Waals surface area (Å²) in [5.74, 6) is 0.226. The van der Waals surface area contributed by atoms with Gasteiger partial charge in [-0.2, -0.15) is 0 Å². The fourth-order valence-corrected chi connectivity index (χ4v) is 2.34. The standard InChI is InChI=1S/C16H24N2O/c1-4-18(15-9-10-15)16(19)11-17-13(3)14-7-5-12(2)6-8-14/h5-8,13,15,17H,4,9-11H2,1-3H3/t13-/m1/s1. The van der Waals surface area contributed by atoms with Crippen molar-refractivity contribution in [3.63, 3.8) is 0 Å². The molecule has 0 heterocycles. The number of aryl methyl sites for hydroxylation is 1. The Morgan fingerprint density at radius 3 is 2.53 bits per heavy atom. The highest BCUT2D eigenvalue weighted by atomic mass is 16.2. The molecule has 1 aromatic rings. The fourth-order valence-electron chi connectivity index (χ4n) is 2.34. The largest absolute Gasteiger partial charge is 0.339 e. The normalized spacial score (nSPS) is 16.2. The number of likely N-dealkylation sites (N-methyl/N-ethyl adjacent to an activating group) is 1. The van der Waals surface area contributed by atoms with E-state index in [-0.39, 0.29) is 11.9 Å². The Bertz CT molecular complexity index is 423. The molecule has 1 saturated carbocycles. The maximum absolute atomic E-state index is 12.1. The van der Waals surface area contributed by atoms with Crippen LogP contribution in [0.1, 0.15) is 43.9 Å². The van der Waals surface area contributed by atoms with Crippen molar-refractivity contribution in [3.8, 4) is 0 Å². The minimum Gasteiger partial charge on any atom is -0.339 e. The summed E-state index contributed by atoms with van der Waals surface area (Å²) < 4.78 is 0. The molecular formula is C16H24N2O. The van der Waals surface area contributed by atoms with Crippen molar-refractivity contribution < 1.29 is 4.79 Å². The third-order valence-electron chi connectivity index (χ3n) is 3.79. The van der Waals surface area contributed by atoms with Crippen LogP contribution in [0, 0.1) is 6.92 Å². The number of hydrogen-bond donors (Lipinski definition) is 1. The van der Waals surface area contributed by atoms with E-state index in [1.54, 1.807) is 0 Å². The zero-order valence-corrected chi connectivity index (χ0v) is 12.1. The first kappa shape index (κ1) is 14.1. The zero-order chi connectivity index (χ0) is 13.8. The number of rotatable bonds is 6. The van der Waals surface area contributed by atoms with Crippen LogP contribution in [0.25, 0.3) is 0 Å². The minimum absolute atomic E-state index is 0.211. The molecule has 1 aliphatic carbocycles. The maximum atomic E-state index is 12.1. The van der Waals surface area contributed by atoms with Crippen LogP contribution in [0.4, 0.5) is 0 Å². The molecule has 19 heavy (non-hydrogen) atoms. The molecule has 0 radical (unpaired) electrons. The van der Waals surface area contributed by atoms with Gasteiger partial charge in [0.15, 0.2) is 0 Å².